The summed E-state index contributed by atoms with van der Waals surface area (Å²) in [5.74, 6) is -1.26. The highest BCUT2D eigenvalue weighted by atomic mass is 16.2. The number of fused-ring (bicyclic) bond motifs is 1. The molecular weight excluding hydrogens is 596 g/mol. The van der Waals surface area contributed by atoms with Gasteiger partial charge in [-0.15, -0.1) is 0 Å². The van der Waals surface area contributed by atoms with E-state index < -0.39 is 23.8 Å². The average Bonchev–Trinajstić information content (AvgIpc) is 3.54. The van der Waals surface area contributed by atoms with Gasteiger partial charge in [0.15, 0.2) is 0 Å². The molecule has 1 N–H and O–H groups in total. The number of piperazine rings is 1. The van der Waals surface area contributed by atoms with Gasteiger partial charge in [0.1, 0.15) is 6.04 Å². The molecule has 2 aromatic rings. The molecule has 11 nitrogen and oxygen atoms in total. The van der Waals surface area contributed by atoms with Crippen LogP contribution >= 0.6 is 0 Å². The summed E-state index contributed by atoms with van der Waals surface area (Å²) < 4.78 is 0. The highest BCUT2D eigenvalue weighted by Gasteiger charge is 2.45. The zero-order valence-electron chi connectivity index (χ0n) is 27.3. The van der Waals surface area contributed by atoms with Crippen molar-refractivity contribution in [2.45, 2.75) is 70.5 Å². The molecule has 5 aliphatic rings. The van der Waals surface area contributed by atoms with E-state index in [1.54, 1.807) is 12.1 Å². The summed E-state index contributed by atoms with van der Waals surface area (Å²) >= 11 is 0. The number of nitrogens with one attached hydrogen (secondary N) is 1. The lowest BCUT2D eigenvalue weighted by Gasteiger charge is -2.45. The number of nitrogens with zero attached hydrogens (tertiary/aromatic N) is 5. The van der Waals surface area contributed by atoms with E-state index in [2.05, 4.69) is 50.9 Å². The summed E-state index contributed by atoms with van der Waals surface area (Å²) in [7, 11) is 0. The fraction of sp³-hybridized carbons (Fsp3) is 0.528. The number of likely N-dealkylation sites (tertiary alicyclic amines) is 1. The third-order valence-corrected chi connectivity index (χ3v) is 10.8. The zero-order chi connectivity index (χ0) is 32.8. The second-order valence-corrected chi connectivity index (χ2v) is 13.9. The number of amides is 5. The number of carbonyl (C=O) groups excluding carboxylic acids is 5. The standard InChI is InChI=1S/C36H44N6O5/c1-3-4-27-8-5-23(2)41(27)34(45)25-6-9-26(10-7-25)39-17-15-38(16-18-39)20-24-21-40(22-24)28-11-12-29-30(19-28)36(47)42(35(29)46)31-13-14-32(43)37-33(31)44/h6-7,9-12,19,23-24,27,31H,3-5,8,13-18,20-22H2,1-2H3,(H,37,43,44). The van der Waals surface area contributed by atoms with Crippen LogP contribution in [0.2, 0.25) is 0 Å². The van der Waals surface area contributed by atoms with Crippen molar-refractivity contribution in [1.29, 1.82) is 0 Å². The summed E-state index contributed by atoms with van der Waals surface area (Å²) in [6, 6.07) is 13.2. The Balaban J connectivity index is 0.887. The molecule has 7 rings (SSSR count). The summed E-state index contributed by atoms with van der Waals surface area (Å²) in [6.07, 6.45) is 4.61. The molecule has 0 radical (unpaired) electrons. The molecule has 4 fully saturated rings. The molecule has 248 valence electrons. The van der Waals surface area contributed by atoms with Gasteiger partial charge in [-0.25, -0.2) is 0 Å². The largest absolute Gasteiger partial charge is 0.371 e. The molecule has 0 aromatic heterocycles. The van der Waals surface area contributed by atoms with Crippen molar-refractivity contribution >= 4 is 40.9 Å². The molecule has 0 spiro atoms. The Bertz CT molecular complexity index is 1580. The Morgan fingerprint density at radius 1 is 0.830 bits per heavy atom. The maximum absolute atomic E-state index is 13.3. The molecular formula is C36H44N6O5. The van der Waals surface area contributed by atoms with Crippen LogP contribution in [0.3, 0.4) is 0 Å². The number of carbonyl (C=O) groups is 5. The maximum Gasteiger partial charge on any atom is 0.262 e. The van der Waals surface area contributed by atoms with Crippen molar-refractivity contribution in [3.63, 3.8) is 0 Å². The molecule has 0 aliphatic carbocycles. The average molecular weight is 641 g/mol. The summed E-state index contributed by atoms with van der Waals surface area (Å²) in [6.45, 7) is 11.0. The number of hydrogen-bond donors (Lipinski definition) is 1. The van der Waals surface area contributed by atoms with Crippen molar-refractivity contribution in [2.75, 3.05) is 55.6 Å². The van der Waals surface area contributed by atoms with Crippen LogP contribution in [0.15, 0.2) is 42.5 Å². The zero-order valence-corrected chi connectivity index (χ0v) is 27.3. The van der Waals surface area contributed by atoms with Crippen molar-refractivity contribution in [3.05, 3.63) is 59.2 Å². The second-order valence-electron chi connectivity index (χ2n) is 13.9. The lowest BCUT2D eigenvalue weighted by Crippen LogP contribution is -2.55. The SMILES string of the molecule is CCCC1CCC(C)N1C(=O)c1ccc(N2CCN(CC3CN(c4ccc5c(c4)C(=O)N(C4CCC(=O)NC4=O)C5=O)C3)CC2)cc1. The van der Waals surface area contributed by atoms with Gasteiger partial charge in [-0.05, 0) is 75.1 Å². The van der Waals surface area contributed by atoms with Gasteiger partial charge in [0.25, 0.3) is 17.7 Å². The Hall–Kier alpha value is -4.25. The fourth-order valence-electron chi connectivity index (χ4n) is 8.12. The van der Waals surface area contributed by atoms with Crippen LogP contribution in [0.1, 0.15) is 83.4 Å². The van der Waals surface area contributed by atoms with Gasteiger partial charge < -0.3 is 14.7 Å². The molecule has 5 amide bonds. The van der Waals surface area contributed by atoms with Crippen LogP contribution in [0.5, 0.6) is 0 Å². The van der Waals surface area contributed by atoms with Gasteiger partial charge in [0.2, 0.25) is 11.8 Å². The van der Waals surface area contributed by atoms with Crippen LogP contribution in [0, 0.1) is 5.92 Å². The van der Waals surface area contributed by atoms with Gasteiger partial charge >= 0.3 is 0 Å². The smallest absolute Gasteiger partial charge is 0.262 e. The summed E-state index contributed by atoms with van der Waals surface area (Å²) in [5.41, 5.74) is 3.47. The van der Waals surface area contributed by atoms with Crippen LogP contribution in [-0.4, -0.2) is 108 Å². The van der Waals surface area contributed by atoms with Crippen molar-refractivity contribution in [3.8, 4) is 0 Å². The van der Waals surface area contributed by atoms with E-state index in [4.69, 9.17) is 0 Å². The van der Waals surface area contributed by atoms with Crippen LogP contribution in [-0.2, 0) is 9.59 Å². The molecule has 4 saturated heterocycles. The third kappa shape index (κ3) is 5.90. The van der Waals surface area contributed by atoms with Crippen molar-refractivity contribution in [1.82, 2.24) is 20.0 Å². The highest BCUT2D eigenvalue weighted by Crippen LogP contribution is 2.34. The molecule has 5 heterocycles. The Morgan fingerprint density at radius 2 is 1.53 bits per heavy atom. The number of imide groups is 2. The van der Waals surface area contributed by atoms with Crippen LogP contribution in [0.25, 0.3) is 0 Å². The Kier molecular flexibility index (Phi) is 8.50. The molecule has 3 unspecified atom stereocenters. The van der Waals surface area contributed by atoms with Crippen molar-refractivity contribution < 1.29 is 24.0 Å². The van der Waals surface area contributed by atoms with Gasteiger partial charge in [0, 0.05) is 87.2 Å². The van der Waals surface area contributed by atoms with E-state index >= 15 is 0 Å². The first-order chi connectivity index (χ1) is 22.7. The predicted molar refractivity (Wildman–Crippen MR) is 177 cm³/mol. The Labute approximate surface area is 275 Å². The van der Waals surface area contributed by atoms with E-state index in [-0.39, 0.29) is 24.7 Å². The first-order valence-electron chi connectivity index (χ1n) is 17.2. The van der Waals surface area contributed by atoms with Crippen LogP contribution in [0.4, 0.5) is 11.4 Å². The predicted octanol–water partition coefficient (Wildman–Crippen LogP) is 3.14. The normalized spacial score (nSPS) is 25.4. The minimum atomic E-state index is -0.955. The molecule has 0 saturated carbocycles. The number of hydrogen-bond acceptors (Lipinski definition) is 8. The van der Waals surface area contributed by atoms with E-state index in [9.17, 15) is 24.0 Å². The first kappa shape index (κ1) is 31.4. The molecule has 2 aromatic carbocycles. The van der Waals surface area contributed by atoms with E-state index in [0.717, 1.165) is 93.3 Å². The van der Waals surface area contributed by atoms with E-state index in [1.807, 2.05) is 18.2 Å². The van der Waals surface area contributed by atoms with E-state index in [1.165, 1.54) is 0 Å². The number of benzene rings is 2. The minimum absolute atomic E-state index is 0.104. The highest BCUT2D eigenvalue weighted by molar-refractivity contribution is 6.23. The lowest BCUT2D eigenvalue weighted by molar-refractivity contribution is -0.136. The summed E-state index contributed by atoms with van der Waals surface area (Å²) in [5, 5.41) is 2.24. The third-order valence-electron chi connectivity index (χ3n) is 10.8. The lowest BCUT2D eigenvalue weighted by atomic mass is 9.97. The second kappa shape index (κ2) is 12.7. The van der Waals surface area contributed by atoms with Crippen molar-refractivity contribution in [2.24, 2.45) is 5.92 Å². The fourth-order valence-corrected chi connectivity index (χ4v) is 8.12. The van der Waals surface area contributed by atoms with Gasteiger partial charge in [0.05, 0.1) is 11.1 Å². The van der Waals surface area contributed by atoms with E-state index in [0.29, 0.717) is 29.1 Å². The first-order valence-corrected chi connectivity index (χ1v) is 17.2. The number of piperidine rings is 1. The number of anilines is 2. The summed E-state index contributed by atoms with van der Waals surface area (Å²) in [4.78, 5) is 73.8. The minimum Gasteiger partial charge on any atom is -0.371 e. The number of rotatable bonds is 8. The van der Waals surface area contributed by atoms with Gasteiger partial charge in [-0.2, -0.15) is 0 Å². The van der Waals surface area contributed by atoms with Gasteiger partial charge in [-0.3, -0.25) is 39.1 Å². The van der Waals surface area contributed by atoms with Gasteiger partial charge in [-0.1, -0.05) is 13.3 Å². The quantitative estimate of drug-likeness (QED) is 0.438. The molecule has 11 heteroatoms. The molecule has 0 bridgehead atoms. The molecule has 5 aliphatic heterocycles. The topological polar surface area (TPSA) is 114 Å². The monoisotopic (exact) mass is 640 g/mol. The molecule has 3 atom stereocenters. The van der Waals surface area contributed by atoms with Crippen LogP contribution < -0.4 is 15.1 Å². The maximum atomic E-state index is 13.3. The Morgan fingerprint density at radius 3 is 2.23 bits per heavy atom. The molecule has 47 heavy (non-hydrogen) atoms.